The molecule has 2 aromatic rings. The van der Waals surface area contributed by atoms with Crippen LogP contribution in [0.25, 0.3) is 0 Å². The molecule has 0 aromatic carbocycles. The fraction of sp³-hybridized carbons (Fsp3) is 0.500. The monoisotopic (exact) mass is 362 g/mol. The number of carbonyl (C=O) groups is 1. The van der Waals surface area contributed by atoms with Crippen LogP contribution in [-0.2, 0) is 17.8 Å². The van der Waals surface area contributed by atoms with Crippen LogP contribution in [-0.4, -0.2) is 46.1 Å². The number of nitrogens with zero attached hydrogens (tertiary/aromatic N) is 3. The van der Waals surface area contributed by atoms with E-state index in [1.54, 1.807) is 17.5 Å². The lowest BCUT2D eigenvalue weighted by atomic mass is 10.1. The molecule has 5 nitrogen and oxygen atoms in total. The van der Waals surface area contributed by atoms with Crippen LogP contribution < -0.4 is 5.32 Å². The van der Waals surface area contributed by atoms with E-state index in [0.717, 1.165) is 22.0 Å². The van der Waals surface area contributed by atoms with E-state index in [9.17, 15) is 9.18 Å². The number of hydrogen-bond donors (Lipinski definition) is 1. The first-order valence-corrected chi connectivity index (χ1v) is 9.35. The van der Waals surface area contributed by atoms with E-state index < -0.39 is 6.17 Å². The molecule has 0 radical (unpaired) electrons. The number of aryl methyl sites for hydroxylation is 2. The summed E-state index contributed by atoms with van der Waals surface area (Å²) in [5.74, 6) is -0.0579. The van der Waals surface area contributed by atoms with E-state index in [0.29, 0.717) is 32.5 Å². The molecule has 1 amide bonds. The van der Waals surface area contributed by atoms with Crippen LogP contribution in [0.15, 0.2) is 23.7 Å². The van der Waals surface area contributed by atoms with Crippen LogP contribution in [0.3, 0.4) is 0 Å². The van der Waals surface area contributed by atoms with Crippen LogP contribution in [0.2, 0.25) is 0 Å². The Morgan fingerprint density at radius 3 is 2.96 bits per heavy atom. The third kappa shape index (κ3) is 5.06. The number of aromatic nitrogens is 2. The number of nitrogens with one attached hydrogen (secondary N) is 1. The molecule has 25 heavy (non-hydrogen) atoms. The fourth-order valence-electron chi connectivity index (χ4n) is 3.10. The molecule has 2 atom stereocenters. The van der Waals surface area contributed by atoms with Crippen LogP contribution in [0.4, 0.5) is 4.39 Å². The second-order valence-electron chi connectivity index (χ2n) is 6.56. The van der Waals surface area contributed by atoms with Gasteiger partial charge in [0.25, 0.3) is 0 Å². The maximum Gasteiger partial charge on any atom is 0.224 e. The van der Waals surface area contributed by atoms with Crippen molar-refractivity contribution in [1.82, 2.24) is 20.2 Å². The highest BCUT2D eigenvalue weighted by Crippen LogP contribution is 2.23. The van der Waals surface area contributed by atoms with Gasteiger partial charge in [0, 0.05) is 42.9 Å². The predicted octanol–water partition coefficient (Wildman–Crippen LogP) is 2.43. The van der Waals surface area contributed by atoms with Crippen molar-refractivity contribution in [3.05, 3.63) is 45.7 Å². The number of pyridine rings is 1. The predicted molar refractivity (Wildman–Crippen MR) is 96.2 cm³/mol. The van der Waals surface area contributed by atoms with Crippen molar-refractivity contribution in [1.29, 1.82) is 0 Å². The topological polar surface area (TPSA) is 58.1 Å². The molecule has 134 valence electrons. The van der Waals surface area contributed by atoms with Gasteiger partial charge in [0.15, 0.2) is 0 Å². The molecule has 1 saturated heterocycles. The van der Waals surface area contributed by atoms with Gasteiger partial charge in [-0.05, 0) is 31.9 Å². The zero-order valence-corrected chi connectivity index (χ0v) is 15.4. The van der Waals surface area contributed by atoms with Gasteiger partial charge in [0.2, 0.25) is 5.91 Å². The minimum Gasteiger partial charge on any atom is -0.354 e. The standard InChI is InChI=1S/C18H23FN4OS/c1-12-3-4-14(7-20-12)5-18(24)21-8-17-6-15(19)9-23(17)10-16-11-25-13(2)22-16/h3-4,7,11,15,17H,5-6,8-10H2,1-2H3,(H,21,24)/t15-,17-/m0/s1. The van der Waals surface area contributed by atoms with Gasteiger partial charge in [-0.15, -0.1) is 11.3 Å². The van der Waals surface area contributed by atoms with E-state index in [4.69, 9.17) is 0 Å². The highest BCUT2D eigenvalue weighted by atomic mass is 32.1. The Balaban J connectivity index is 1.51. The number of hydrogen-bond acceptors (Lipinski definition) is 5. The van der Waals surface area contributed by atoms with E-state index >= 15 is 0 Å². The number of likely N-dealkylation sites (tertiary alicyclic amines) is 1. The van der Waals surface area contributed by atoms with Gasteiger partial charge in [-0.25, -0.2) is 9.37 Å². The van der Waals surface area contributed by atoms with Gasteiger partial charge in [0.05, 0.1) is 17.1 Å². The second kappa shape index (κ2) is 8.01. The maximum absolute atomic E-state index is 13.9. The molecule has 0 saturated carbocycles. The molecule has 0 spiro atoms. The number of rotatable bonds is 6. The highest BCUT2D eigenvalue weighted by Gasteiger charge is 2.32. The van der Waals surface area contributed by atoms with Gasteiger partial charge in [-0.1, -0.05) is 6.07 Å². The van der Waals surface area contributed by atoms with Crippen LogP contribution >= 0.6 is 11.3 Å². The fourth-order valence-corrected chi connectivity index (χ4v) is 3.70. The summed E-state index contributed by atoms with van der Waals surface area (Å²) in [7, 11) is 0. The molecule has 7 heteroatoms. The number of halogens is 1. The number of carbonyl (C=O) groups excluding carboxylic acids is 1. The van der Waals surface area contributed by atoms with E-state index in [2.05, 4.69) is 20.2 Å². The Bertz CT molecular complexity index is 718. The number of thiazole rings is 1. The number of amides is 1. The minimum absolute atomic E-state index is 0.0112. The normalized spacial score (nSPS) is 20.8. The van der Waals surface area contributed by atoms with Gasteiger partial charge < -0.3 is 5.32 Å². The molecule has 0 aliphatic carbocycles. The lowest BCUT2D eigenvalue weighted by Gasteiger charge is -2.23. The molecule has 1 aliphatic heterocycles. The van der Waals surface area contributed by atoms with Gasteiger partial charge in [-0.2, -0.15) is 0 Å². The molecule has 0 unspecified atom stereocenters. The molecule has 1 fully saturated rings. The first kappa shape index (κ1) is 17.9. The average molecular weight is 362 g/mol. The van der Waals surface area contributed by atoms with E-state index in [1.165, 1.54) is 0 Å². The quantitative estimate of drug-likeness (QED) is 0.857. The zero-order chi connectivity index (χ0) is 17.8. The Kier molecular flexibility index (Phi) is 5.75. The van der Waals surface area contributed by atoms with Crippen molar-refractivity contribution < 1.29 is 9.18 Å². The Labute approximate surface area is 151 Å². The summed E-state index contributed by atoms with van der Waals surface area (Å²) in [4.78, 5) is 22.9. The minimum atomic E-state index is -0.845. The van der Waals surface area contributed by atoms with Gasteiger partial charge in [0.1, 0.15) is 6.17 Å². The van der Waals surface area contributed by atoms with Crippen molar-refractivity contribution in [2.75, 3.05) is 13.1 Å². The van der Waals surface area contributed by atoms with Crippen molar-refractivity contribution in [2.45, 2.75) is 45.4 Å². The average Bonchev–Trinajstić information content (AvgIpc) is 3.13. The summed E-state index contributed by atoms with van der Waals surface area (Å²) in [5.41, 5.74) is 2.78. The lowest BCUT2D eigenvalue weighted by Crippen LogP contribution is -2.40. The third-order valence-corrected chi connectivity index (χ3v) is 5.20. The summed E-state index contributed by atoms with van der Waals surface area (Å²) in [6, 6.07) is 3.81. The summed E-state index contributed by atoms with van der Waals surface area (Å²) in [6.07, 6.45) is 1.63. The first-order valence-electron chi connectivity index (χ1n) is 8.47. The van der Waals surface area contributed by atoms with E-state index in [1.807, 2.05) is 31.4 Å². The Hall–Kier alpha value is -1.86. The smallest absolute Gasteiger partial charge is 0.224 e. The van der Waals surface area contributed by atoms with Crippen molar-refractivity contribution >= 4 is 17.2 Å². The summed E-state index contributed by atoms with van der Waals surface area (Å²) in [5, 5.41) is 5.97. The maximum atomic E-state index is 13.9. The second-order valence-corrected chi connectivity index (χ2v) is 7.63. The summed E-state index contributed by atoms with van der Waals surface area (Å²) >= 11 is 1.60. The molecule has 3 heterocycles. The van der Waals surface area contributed by atoms with Crippen LogP contribution in [0, 0.1) is 13.8 Å². The van der Waals surface area contributed by atoms with E-state index in [-0.39, 0.29) is 11.9 Å². The van der Waals surface area contributed by atoms with Crippen LogP contribution in [0.5, 0.6) is 0 Å². The van der Waals surface area contributed by atoms with Crippen molar-refractivity contribution in [3.63, 3.8) is 0 Å². The molecule has 1 N–H and O–H groups in total. The highest BCUT2D eigenvalue weighted by molar-refractivity contribution is 7.09. The van der Waals surface area contributed by atoms with Crippen molar-refractivity contribution in [3.8, 4) is 0 Å². The third-order valence-electron chi connectivity index (χ3n) is 4.38. The van der Waals surface area contributed by atoms with Crippen molar-refractivity contribution in [2.24, 2.45) is 0 Å². The molecule has 1 aliphatic rings. The van der Waals surface area contributed by atoms with Crippen LogP contribution in [0.1, 0.15) is 28.4 Å². The summed E-state index contributed by atoms with van der Waals surface area (Å²) in [6.45, 7) is 5.37. The van der Waals surface area contributed by atoms with Gasteiger partial charge in [-0.3, -0.25) is 14.7 Å². The SMILES string of the molecule is Cc1ccc(CC(=O)NC[C@@H]2C[C@H](F)CN2Cc2csc(C)n2)cn1. The number of alkyl halides is 1. The molecular weight excluding hydrogens is 339 g/mol. The Morgan fingerprint density at radius 1 is 1.44 bits per heavy atom. The molecular formula is C18H23FN4OS. The lowest BCUT2D eigenvalue weighted by molar-refractivity contribution is -0.120. The molecule has 0 bridgehead atoms. The summed E-state index contributed by atoms with van der Waals surface area (Å²) < 4.78 is 13.9. The zero-order valence-electron chi connectivity index (χ0n) is 14.5. The Morgan fingerprint density at radius 2 is 2.28 bits per heavy atom. The largest absolute Gasteiger partial charge is 0.354 e. The first-order chi connectivity index (χ1) is 12.0. The molecule has 2 aromatic heterocycles. The van der Waals surface area contributed by atoms with Gasteiger partial charge >= 0.3 is 0 Å². The molecule has 3 rings (SSSR count).